The van der Waals surface area contributed by atoms with Crippen LogP contribution in [0.2, 0.25) is 0 Å². The second-order valence-corrected chi connectivity index (χ2v) is 4.66. The van der Waals surface area contributed by atoms with Crippen LogP contribution in [0.3, 0.4) is 0 Å². The zero-order valence-electron chi connectivity index (χ0n) is 10.7. The lowest BCUT2D eigenvalue weighted by molar-refractivity contribution is 0.0915. The number of piperidine rings is 1. The van der Waals surface area contributed by atoms with Crippen LogP contribution in [0.5, 0.6) is 0 Å². The predicted molar refractivity (Wildman–Crippen MR) is 65.2 cm³/mol. The Balaban J connectivity index is 1.90. The van der Waals surface area contributed by atoms with Crippen LogP contribution in [0.15, 0.2) is 10.6 Å². The van der Waals surface area contributed by atoms with Gasteiger partial charge >= 0.3 is 0 Å². The molecule has 1 fully saturated rings. The highest BCUT2D eigenvalue weighted by Gasteiger charge is 2.21. The van der Waals surface area contributed by atoms with Gasteiger partial charge < -0.3 is 19.9 Å². The molecule has 1 saturated heterocycles. The van der Waals surface area contributed by atoms with Gasteiger partial charge in [0.15, 0.2) is 11.5 Å². The molecule has 1 aliphatic rings. The van der Waals surface area contributed by atoms with Gasteiger partial charge in [-0.15, -0.1) is 0 Å². The SMILES string of the molecule is COCc1cc(C(=O)NC2CCNC(C)C2)no1. The van der Waals surface area contributed by atoms with Crippen molar-refractivity contribution in [2.45, 2.75) is 38.5 Å². The molecular formula is C12H19N3O3. The lowest BCUT2D eigenvalue weighted by Crippen LogP contribution is -2.46. The molecule has 2 heterocycles. The number of hydrogen-bond donors (Lipinski definition) is 2. The maximum Gasteiger partial charge on any atom is 0.273 e. The highest BCUT2D eigenvalue weighted by atomic mass is 16.5. The standard InChI is InChI=1S/C12H19N3O3/c1-8-5-9(3-4-13-8)14-12(16)11-6-10(7-17-2)18-15-11/h6,8-9,13H,3-5,7H2,1-2H3,(H,14,16). The minimum absolute atomic E-state index is 0.180. The molecule has 1 aromatic rings. The van der Waals surface area contributed by atoms with Gasteiger partial charge in [0.25, 0.3) is 5.91 Å². The van der Waals surface area contributed by atoms with Crippen LogP contribution in [-0.4, -0.2) is 36.8 Å². The Hall–Kier alpha value is -1.40. The molecular weight excluding hydrogens is 234 g/mol. The average molecular weight is 253 g/mol. The molecule has 2 rings (SSSR count). The summed E-state index contributed by atoms with van der Waals surface area (Å²) >= 11 is 0. The van der Waals surface area contributed by atoms with Crippen LogP contribution >= 0.6 is 0 Å². The third kappa shape index (κ3) is 3.30. The van der Waals surface area contributed by atoms with Crippen molar-refractivity contribution in [1.29, 1.82) is 0 Å². The number of aromatic nitrogens is 1. The third-order valence-electron chi connectivity index (χ3n) is 3.04. The summed E-state index contributed by atoms with van der Waals surface area (Å²) in [4.78, 5) is 11.9. The molecule has 0 spiro atoms. The lowest BCUT2D eigenvalue weighted by Gasteiger charge is -2.28. The molecule has 2 atom stereocenters. The normalized spacial score (nSPS) is 23.9. The fraction of sp³-hybridized carbons (Fsp3) is 0.667. The maximum atomic E-state index is 11.9. The molecule has 0 aromatic carbocycles. The minimum Gasteiger partial charge on any atom is -0.377 e. The molecule has 1 amide bonds. The summed E-state index contributed by atoms with van der Waals surface area (Å²) in [5.74, 6) is 0.376. The van der Waals surface area contributed by atoms with Crippen molar-refractivity contribution in [2.75, 3.05) is 13.7 Å². The van der Waals surface area contributed by atoms with E-state index in [0.29, 0.717) is 24.1 Å². The Morgan fingerprint density at radius 1 is 1.72 bits per heavy atom. The molecule has 1 aliphatic heterocycles. The number of nitrogens with zero attached hydrogens (tertiary/aromatic N) is 1. The zero-order chi connectivity index (χ0) is 13.0. The van der Waals surface area contributed by atoms with Crippen LogP contribution in [0.4, 0.5) is 0 Å². The maximum absolute atomic E-state index is 11.9. The van der Waals surface area contributed by atoms with E-state index in [1.165, 1.54) is 0 Å². The van der Waals surface area contributed by atoms with Crippen LogP contribution in [-0.2, 0) is 11.3 Å². The Morgan fingerprint density at radius 2 is 2.56 bits per heavy atom. The largest absolute Gasteiger partial charge is 0.377 e. The topological polar surface area (TPSA) is 76.4 Å². The molecule has 1 aromatic heterocycles. The number of carbonyl (C=O) groups excluding carboxylic acids is 1. The highest BCUT2D eigenvalue weighted by Crippen LogP contribution is 2.10. The Morgan fingerprint density at radius 3 is 3.28 bits per heavy atom. The summed E-state index contributed by atoms with van der Waals surface area (Å²) in [7, 11) is 1.57. The second kappa shape index (κ2) is 5.97. The van der Waals surface area contributed by atoms with Gasteiger partial charge in [-0.1, -0.05) is 5.16 Å². The summed E-state index contributed by atoms with van der Waals surface area (Å²) in [6, 6.07) is 2.25. The highest BCUT2D eigenvalue weighted by molar-refractivity contribution is 5.92. The molecule has 0 aliphatic carbocycles. The van der Waals surface area contributed by atoms with Crippen molar-refractivity contribution >= 4 is 5.91 Å². The van der Waals surface area contributed by atoms with Crippen molar-refractivity contribution in [3.05, 3.63) is 17.5 Å². The van der Waals surface area contributed by atoms with E-state index in [0.717, 1.165) is 19.4 Å². The number of nitrogens with one attached hydrogen (secondary N) is 2. The van der Waals surface area contributed by atoms with Gasteiger partial charge in [0.2, 0.25) is 0 Å². The molecule has 100 valence electrons. The van der Waals surface area contributed by atoms with Gasteiger partial charge in [0.1, 0.15) is 6.61 Å². The van der Waals surface area contributed by atoms with E-state index < -0.39 is 0 Å². The first kappa shape index (κ1) is 13.0. The minimum atomic E-state index is -0.180. The smallest absolute Gasteiger partial charge is 0.273 e. The first-order valence-electron chi connectivity index (χ1n) is 6.18. The fourth-order valence-corrected chi connectivity index (χ4v) is 2.15. The summed E-state index contributed by atoms with van der Waals surface area (Å²) in [5, 5.41) is 10.1. The molecule has 0 radical (unpaired) electrons. The molecule has 6 heteroatoms. The van der Waals surface area contributed by atoms with Crippen molar-refractivity contribution in [2.24, 2.45) is 0 Å². The quantitative estimate of drug-likeness (QED) is 0.825. The van der Waals surface area contributed by atoms with Crippen LogP contribution in [0.1, 0.15) is 36.0 Å². The van der Waals surface area contributed by atoms with Gasteiger partial charge in [-0.25, -0.2) is 0 Å². The first-order chi connectivity index (χ1) is 8.69. The van der Waals surface area contributed by atoms with Gasteiger partial charge in [0, 0.05) is 25.3 Å². The molecule has 2 N–H and O–H groups in total. The van der Waals surface area contributed by atoms with E-state index in [2.05, 4.69) is 22.7 Å². The zero-order valence-corrected chi connectivity index (χ0v) is 10.7. The van der Waals surface area contributed by atoms with Crippen LogP contribution in [0, 0.1) is 0 Å². The Labute approximate surface area is 106 Å². The van der Waals surface area contributed by atoms with E-state index in [-0.39, 0.29) is 11.9 Å². The molecule has 0 saturated carbocycles. The number of hydrogen-bond acceptors (Lipinski definition) is 5. The molecule has 0 bridgehead atoms. The lowest BCUT2D eigenvalue weighted by atomic mass is 10.0. The summed E-state index contributed by atoms with van der Waals surface area (Å²) in [6.45, 7) is 3.37. The molecule has 6 nitrogen and oxygen atoms in total. The van der Waals surface area contributed by atoms with Gasteiger partial charge in [-0.05, 0) is 26.3 Å². The van der Waals surface area contributed by atoms with E-state index >= 15 is 0 Å². The average Bonchev–Trinajstić information content (AvgIpc) is 2.78. The van der Waals surface area contributed by atoms with Crippen molar-refractivity contribution in [1.82, 2.24) is 15.8 Å². The summed E-state index contributed by atoms with van der Waals surface area (Å²) < 4.78 is 9.90. The summed E-state index contributed by atoms with van der Waals surface area (Å²) in [5.41, 5.74) is 0.313. The van der Waals surface area contributed by atoms with Crippen molar-refractivity contribution < 1.29 is 14.1 Å². The van der Waals surface area contributed by atoms with Gasteiger partial charge in [-0.2, -0.15) is 0 Å². The number of carbonyl (C=O) groups is 1. The Bertz CT molecular complexity index is 405. The Kier molecular flexibility index (Phi) is 4.33. The monoisotopic (exact) mass is 253 g/mol. The van der Waals surface area contributed by atoms with Crippen molar-refractivity contribution in [3.8, 4) is 0 Å². The first-order valence-corrected chi connectivity index (χ1v) is 6.18. The third-order valence-corrected chi connectivity index (χ3v) is 3.04. The van der Waals surface area contributed by atoms with Crippen molar-refractivity contribution in [3.63, 3.8) is 0 Å². The van der Waals surface area contributed by atoms with Crippen LogP contribution in [0.25, 0.3) is 0 Å². The van der Waals surface area contributed by atoms with E-state index in [1.54, 1.807) is 13.2 Å². The van der Waals surface area contributed by atoms with Gasteiger partial charge in [-0.3, -0.25) is 4.79 Å². The van der Waals surface area contributed by atoms with E-state index in [9.17, 15) is 4.79 Å². The summed E-state index contributed by atoms with van der Waals surface area (Å²) in [6.07, 6.45) is 1.88. The van der Waals surface area contributed by atoms with E-state index in [1.807, 2.05) is 0 Å². The number of amides is 1. The number of ether oxygens (including phenoxy) is 1. The molecule has 18 heavy (non-hydrogen) atoms. The molecule has 2 unspecified atom stereocenters. The second-order valence-electron chi connectivity index (χ2n) is 4.66. The number of rotatable bonds is 4. The predicted octanol–water partition coefficient (Wildman–Crippen LogP) is 0.691. The van der Waals surface area contributed by atoms with Crippen LogP contribution < -0.4 is 10.6 Å². The van der Waals surface area contributed by atoms with Gasteiger partial charge in [0.05, 0.1) is 0 Å². The number of methoxy groups -OCH3 is 1. The van der Waals surface area contributed by atoms with E-state index in [4.69, 9.17) is 9.26 Å². The fourth-order valence-electron chi connectivity index (χ4n) is 2.15.